The largest absolute Gasteiger partial charge is 0.494 e. The Kier molecular flexibility index (Phi) is 11.1. The van der Waals surface area contributed by atoms with E-state index >= 15 is 0 Å². The van der Waals surface area contributed by atoms with Crippen LogP contribution in [-0.2, 0) is 15.5 Å². The topological polar surface area (TPSA) is 176 Å². The Morgan fingerprint density at radius 1 is 0.935 bits per heavy atom. The van der Waals surface area contributed by atoms with Crippen LogP contribution in [0.15, 0.2) is 52.9 Å². The van der Waals surface area contributed by atoms with E-state index in [4.69, 9.17) is 14.1 Å². The van der Waals surface area contributed by atoms with Crippen LogP contribution in [0.4, 0.5) is 20.2 Å². The van der Waals surface area contributed by atoms with E-state index in [0.29, 0.717) is 63.5 Å². The van der Waals surface area contributed by atoms with Crippen LogP contribution in [0.5, 0.6) is 5.75 Å². The molecule has 0 radical (unpaired) electrons. The zero-order valence-corrected chi connectivity index (χ0v) is 34.9. The van der Waals surface area contributed by atoms with Crippen LogP contribution < -0.4 is 20.7 Å². The predicted molar refractivity (Wildman–Crippen MR) is 224 cm³/mol. The third-order valence-corrected chi connectivity index (χ3v) is 13.7. The number of hydrogen-bond donors (Lipinski definition) is 3. The highest BCUT2D eigenvalue weighted by Crippen LogP contribution is 2.48. The number of aromatic nitrogens is 2. The second-order valence-electron chi connectivity index (χ2n) is 18.0. The van der Waals surface area contributed by atoms with Crippen LogP contribution in [0.25, 0.3) is 11.1 Å². The van der Waals surface area contributed by atoms with E-state index in [0.717, 1.165) is 63.6 Å². The zero-order chi connectivity index (χ0) is 43.3. The van der Waals surface area contributed by atoms with Crippen LogP contribution >= 0.6 is 0 Å². The first-order chi connectivity index (χ1) is 29.8. The van der Waals surface area contributed by atoms with Crippen molar-refractivity contribution in [3.8, 4) is 5.75 Å². The lowest BCUT2D eigenvalue weighted by Gasteiger charge is -2.54. The summed E-state index contributed by atoms with van der Waals surface area (Å²) in [6.45, 7) is 4.81. The summed E-state index contributed by atoms with van der Waals surface area (Å²) in [6, 6.07) is 11.5. The Hall–Kier alpha value is -5.77. The number of fused-ring (bicyclic) bond motifs is 2. The van der Waals surface area contributed by atoms with Crippen molar-refractivity contribution in [3.63, 3.8) is 0 Å². The number of pyridine rings is 1. The number of benzene rings is 2. The minimum Gasteiger partial charge on any atom is -0.494 e. The molecule has 5 heterocycles. The fourth-order valence-electron chi connectivity index (χ4n) is 10.4. The van der Waals surface area contributed by atoms with E-state index in [9.17, 15) is 32.8 Å². The van der Waals surface area contributed by atoms with Gasteiger partial charge in [0, 0.05) is 63.3 Å². The molecule has 5 amide bonds. The Balaban J connectivity index is 0.715. The Labute approximate surface area is 357 Å². The van der Waals surface area contributed by atoms with Crippen molar-refractivity contribution in [1.82, 2.24) is 25.1 Å². The number of carbonyl (C=O) groups excluding carboxylic acids is 5. The molecule has 62 heavy (non-hydrogen) atoms. The molecule has 9 rings (SSSR count). The number of oxazole rings is 1. The lowest BCUT2D eigenvalue weighted by Crippen LogP contribution is -2.58. The molecule has 16 heteroatoms. The number of carbonyl (C=O) groups is 5. The van der Waals surface area contributed by atoms with Gasteiger partial charge in [0.25, 0.3) is 23.6 Å². The molecule has 14 nitrogen and oxygen atoms in total. The molecule has 326 valence electrons. The van der Waals surface area contributed by atoms with Gasteiger partial charge in [-0.05, 0) is 106 Å². The van der Waals surface area contributed by atoms with E-state index in [1.165, 1.54) is 51.0 Å². The van der Waals surface area contributed by atoms with Crippen molar-refractivity contribution >= 4 is 52.0 Å². The summed E-state index contributed by atoms with van der Waals surface area (Å²) in [6.07, 6.45) is 10.1. The minimum atomic E-state index is -3.18. The number of anilines is 2. The Morgan fingerprint density at radius 2 is 1.69 bits per heavy atom. The van der Waals surface area contributed by atoms with E-state index < -0.39 is 47.2 Å². The van der Waals surface area contributed by atoms with E-state index in [2.05, 4.69) is 25.8 Å². The molecule has 1 unspecified atom stereocenters. The number of alkyl halides is 2. The maximum Gasteiger partial charge on any atom is 0.287 e. The van der Waals surface area contributed by atoms with Crippen molar-refractivity contribution < 1.29 is 41.9 Å². The normalized spacial score (nSPS) is 23.0. The summed E-state index contributed by atoms with van der Waals surface area (Å²) in [5, 5.41) is 8.39. The van der Waals surface area contributed by atoms with Crippen LogP contribution in [0.2, 0.25) is 0 Å². The lowest BCUT2D eigenvalue weighted by atomic mass is 9.65. The molecule has 3 aliphatic heterocycles. The monoisotopic (exact) mass is 851 g/mol. The number of rotatable bonds is 12. The molecule has 1 spiro atoms. The zero-order valence-electron chi connectivity index (χ0n) is 34.9. The summed E-state index contributed by atoms with van der Waals surface area (Å²) >= 11 is 0. The molecule has 2 aliphatic carbocycles. The molecular formula is C46H51F2N7O7. The first-order valence-electron chi connectivity index (χ1n) is 21.7. The third kappa shape index (κ3) is 8.16. The number of ether oxygens (including phenoxy) is 1. The van der Waals surface area contributed by atoms with Gasteiger partial charge in [-0.3, -0.25) is 34.2 Å². The number of nitrogens with zero attached hydrogens (tertiary/aromatic N) is 4. The van der Waals surface area contributed by atoms with Crippen molar-refractivity contribution in [2.24, 2.45) is 17.3 Å². The number of amides is 5. The van der Waals surface area contributed by atoms with Gasteiger partial charge < -0.3 is 24.7 Å². The second kappa shape index (κ2) is 16.5. The van der Waals surface area contributed by atoms with Gasteiger partial charge in [-0.15, -0.1) is 0 Å². The first-order valence-corrected chi connectivity index (χ1v) is 21.7. The molecule has 5 aliphatic rings. The average Bonchev–Trinajstić information content (AvgIpc) is 3.77. The summed E-state index contributed by atoms with van der Waals surface area (Å²) in [5.74, 6) is -3.39. The van der Waals surface area contributed by atoms with Gasteiger partial charge in [-0.2, -0.15) is 8.78 Å². The van der Waals surface area contributed by atoms with Crippen molar-refractivity contribution in [3.05, 3.63) is 76.9 Å². The van der Waals surface area contributed by atoms with Crippen LogP contribution in [0.1, 0.15) is 126 Å². The van der Waals surface area contributed by atoms with Gasteiger partial charge >= 0.3 is 0 Å². The van der Waals surface area contributed by atoms with Gasteiger partial charge in [-0.1, -0.05) is 12.1 Å². The standard InChI is InChI=1S/C46H51F2N7O7/c1-45(47,48)37-8-4-7-31(50-37)40(57)51-32-22-36-33(21-35(32)61-2)52-42(62-36)28-11-9-27(10-12-28)23-54-24-46(25-54)18-15-26(16-19-46)17-20-49-30-6-3-5-29-39(30)44(60)55(43(29)59)34-13-14-38(56)53-41(34)58/h3-8,21-22,26-28,34,49H,9-20,23-25H2,1-2H3,(H,51,57)(H,53,56,58). The summed E-state index contributed by atoms with van der Waals surface area (Å²) < 4.78 is 39.4. The fourth-order valence-corrected chi connectivity index (χ4v) is 10.4. The molecule has 3 N–H and O–H groups in total. The van der Waals surface area contributed by atoms with E-state index in [1.54, 1.807) is 30.3 Å². The van der Waals surface area contributed by atoms with Crippen LogP contribution in [-0.4, -0.2) is 88.6 Å². The van der Waals surface area contributed by atoms with Crippen molar-refractivity contribution in [2.45, 2.75) is 95.4 Å². The number of piperidine rings is 1. The molecule has 2 aromatic carbocycles. The fraction of sp³-hybridized carbons (Fsp3) is 0.500. The molecule has 4 fully saturated rings. The number of hydrogen-bond acceptors (Lipinski definition) is 11. The number of imide groups is 2. The molecule has 1 atom stereocenters. The maximum atomic E-state index is 13.8. The average molecular weight is 852 g/mol. The quantitative estimate of drug-likeness (QED) is 0.122. The van der Waals surface area contributed by atoms with Gasteiger partial charge in [-0.25, -0.2) is 9.97 Å². The Morgan fingerprint density at radius 3 is 2.42 bits per heavy atom. The molecule has 2 aromatic heterocycles. The van der Waals surface area contributed by atoms with Crippen LogP contribution in [0.3, 0.4) is 0 Å². The van der Waals surface area contributed by atoms with Crippen molar-refractivity contribution in [1.29, 1.82) is 0 Å². The van der Waals surface area contributed by atoms with E-state index in [-0.39, 0.29) is 30.0 Å². The number of halogens is 2. The maximum absolute atomic E-state index is 13.8. The molecule has 2 saturated carbocycles. The summed E-state index contributed by atoms with van der Waals surface area (Å²) in [7, 11) is 1.48. The van der Waals surface area contributed by atoms with Gasteiger partial charge in [0.05, 0.1) is 23.9 Å². The highest BCUT2D eigenvalue weighted by Gasteiger charge is 2.47. The molecule has 4 aromatic rings. The second-order valence-corrected chi connectivity index (χ2v) is 18.0. The van der Waals surface area contributed by atoms with Crippen LogP contribution in [0, 0.1) is 17.3 Å². The molecular weight excluding hydrogens is 801 g/mol. The third-order valence-electron chi connectivity index (χ3n) is 13.7. The minimum absolute atomic E-state index is 0.0847. The van der Waals surface area contributed by atoms with Gasteiger partial charge in [0.15, 0.2) is 11.5 Å². The highest BCUT2D eigenvalue weighted by atomic mass is 19.3. The smallest absolute Gasteiger partial charge is 0.287 e. The molecule has 2 saturated heterocycles. The number of likely N-dealkylation sites (tertiary alicyclic amines) is 1. The SMILES string of the molecule is COc1cc2nc(C3CCC(CN4CC5(CCC(CCNc6cccc7c6C(=O)N(C6CCC(=O)NC6=O)C7=O)CC5)C4)CC3)oc2cc1NC(=O)c1cccc(C(C)(F)F)n1. The highest BCUT2D eigenvalue weighted by molar-refractivity contribution is 6.25. The first kappa shape index (κ1) is 41.6. The van der Waals surface area contributed by atoms with Gasteiger partial charge in [0.1, 0.15) is 28.7 Å². The summed E-state index contributed by atoms with van der Waals surface area (Å²) in [5.41, 5.74) is 2.41. The number of nitrogens with one attached hydrogen (secondary N) is 3. The van der Waals surface area contributed by atoms with Crippen molar-refractivity contribution in [2.75, 3.05) is 43.9 Å². The predicted octanol–water partition coefficient (Wildman–Crippen LogP) is 7.26. The number of methoxy groups -OCH3 is 1. The molecule has 0 bridgehead atoms. The Bertz CT molecular complexity index is 2430. The lowest BCUT2D eigenvalue weighted by molar-refractivity contribution is -0.136. The van der Waals surface area contributed by atoms with E-state index in [1.807, 2.05) is 0 Å². The summed E-state index contributed by atoms with van der Waals surface area (Å²) in [4.78, 5) is 76.1. The van der Waals surface area contributed by atoms with Gasteiger partial charge in [0.2, 0.25) is 11.8 Å².